The summed E-state index contributed by atoms with van der Waals surface area (Å²) in [6.07, 6.45) is 0. The van der Waals surface area contributed by atoms with Crippen molar-refractivity contribution in [3.05, 3.63) is 29.3 Å². The molecular formula is C11H16Cl2N2O2. The second kappa shape index (κ2) is 9.10. The Bertz CT molecular complexity index is 348. The number of benzene rings is 1. The number of likely N-dealkylation sites (N-methyl/N-ethyl adjacent to an activating group) is 1. The van der Waals surface area contributed by atoms with Crippen LogP contribution in [0.25, 0.3) is 0 Å². The molecule has 0 spiro atoms. The number of rotatable bonds is 6. The molecule has 0 atom stereocenters. The standard InChI is InChI=1S/C11H15ClN2O2.ClH/c1-13-8-11(15)14-5-6-16-10-4-2-3-9(12)7-10;/h2-4,7,13H,5-6,8H2,1H3,(H,14,15);1H. The maximum Gasteiger partial charge on any atom is 0.234 e. The van der Waals surface area contributed by atoms with Gasteiger partial charge in [-0.25, -0.2) is 0 Å². The third-order valence-electron chi connectivity index (χ3n) is 1.83. The van der Waals surface area contributed by atoms with E-state index < -0.39 is 0 Å². The molecule has 1 amide bonds. The molecule has 0 aliphatic carbocycles. The van der Waals surface area contributed by atoms with Crippen LogP contribution in [-0.2, 0) is 4.79 Å². The Morgan fingerprint density at radius 1 is 1.47 bits per heavy atom. The first-order chi connectivity index (χ1) is 7.72. The van der Waals surface area contributed by atoms with Crippen molar-refractivity contribution in [1.82, 2.24) is 10.6 Å². The van der Waals surface area contributed by atoms with E-state index in [2.05, 4.69) is 10.6 Å². The molecular weight excluding hydrogens is 263 g/mol. The predicted molar refractivity (Wildman–Crippen MR) is 71.1 cm³/mol. The van der Waals surface area contributed by atoms with Gasteiger partial charge in [-0.3, -0.25) is 4.79 Å². The number of hydrogen-bond donors (Lipinski definition) is 2. The minimum Gasteiger partial charge on any atom is -0.492 e. The van der Waals surface area contributed by atoms with Crippen molar-refractivity contribution in [3.63, 3.8) is 0 Å². The summed E-state index contributed by atoms with van der Waals surface area (Å²) < 4.78 is 5.40. The Kier molecular flexibility index (Phi) is 8.58. The fourth-order valence-corrected chi connectivity index (χ4v) is 1.32. The number of carbonyl (C=O) groups excluding carboxylic acids is 1. The van der Waals surface area contributed by atoms with Crippen LogP contribution in [0.5, 0.6) is 5.75 Å². The van der Waals surface area contributed by atoms with Gasteiger partial charge in [0.25, 0.3) is 0 Å². The molecule has 0 unspecified atom stereocenters. The quantitative estimate of drug-likeness (QED) is 0.775. The maximum atomic E-state index is 11.1. The molecule has 0 aromatic heterocycles. The summed E-state index contributed by atoms with van der Waals surface area (Å²) >= 11 is 5.79. The Hall–Kier alpha value is -0.970. The Labute approximate surface area is 112 Å². The number of ether oxygens (including phenoxy) is 1. The van der Waals surface area contributed by atoms with Crippen molar-refractivity contribution in [2.24, 2.45) is 0 Å². The van der Waals surface area contributed by atoms with Crippen LogP contribution in [0.4, 0.5) is 0 Å². The summed E-state index contributed by atoms with van der Waals surface area (Å²) in [5.41, 5.74) is 0. The van der Waals surface area contributed by atoms with E-state index >= 15 is 0 Å². The van der Waals surface area contributed by atoms with Crippen LogP contribution in [0.3, 0.4) is 0 Å². The van der Waals surface area contributed by atoms with Crippen LogP contribution in [-0.4, -0.2) is 32.7 Å². The molecule has 96 valence electrons. The van der Waals surface area contributed by atoms with E-state index in [0.29, 0.717) is 30.5 Å². The second-order valence-electron chi connectivity index (χ2n) is 3.19. The summed E-state index contributed by atoms with van der Waals surface area (Å²) in [6.45, 7) is 1.22. The molecule has 1 aromatic carbocycles. The molecule has 0 aliphatic heterocycles. The number of hydrogen-bond acceptors (Lipinski definition) is 3. The minimum atomic E-state index is -0.0443. The number of nitrogens with one attached hydrogen (secondary N) is 2. The van der Waals surface area contributed by atoms with Crippen LogP contribution >= 0.6 is 24.0 Å². The van der Waals surface area contributed by atoms with Crippen LogP contribution in [0.2, 0.25) is 5.02 Å². The number of amides is 1. The molecule has 4 nitrogen and oxygen atoms in total. The van der Waals surface area contributed by atoms with E-state index in [0.717, 1.165) is 0 Å². The van der Waals surface area contributed by atoms with E-state index in [1.54, 1.807) is 19.2 Å². The van der Waals surface area contributed by atoms with Crippen LogP contribution < -0.4 is 15.4 Å². The van der Waals surface area contributed by atoms with Crippen molar-refractivity contribution in [2.75, 3.05) is 26.7 Å². The molecule has 0 saturated heterocycles. The first-order valence-electron chi connectivity index (χ1n) is 5.02. The van der Waals surface area contributed by atoms with Gasteiger partial charge < -0.3 is 15.4 Å². The monoisotopic (exact) mass is 278 g/mol. The first-order valence-corrected chi connectivity index (χ1v) is 5.40. The van der Waals surface area contributed by atoms with Crippen LogP contribution in [0.15, 0.2) is 24.3 Å². The van der Waals surface area contributed by atoms with Crippen LogP contribution in [0, 0.1) is 0 Å². The Morgan fingerprint density at radius 3 is 2.88 bits per heavy atom. The summed E-state index contributed by atoms with van der Waals surface area (Å²) in [7, 11) is 1.72. The van der Waals surface area contributed by atoms with Crippen molar-refractivity contribution in [1.29, 1.82) is 0 Å². The SMILES string of the molecule is CNCC(=O)NCCOc1cccc(Cl)c1.Cl. The summed E-state index contributed by atoms with van der Waals surface area (Å²) in [5.74, 6) is 0.660. The van der Waals surface area contributed by atoms with Crippen molar-refractivity contribution < 1.29 is 9.53 Å². The molecule has 6 heteroatoms. The lowest BCUT2D eigenvalue weighted by Crippen LogP contribution is -2.34. The van der Waals surface area contributed by atoms with Gasteiger partial charge in [0.05, 0.1) is 13.1 Å². The van der Waals surface area contributed by atoms with Gasteiger partial charge in [-0.05, 0) is 25.2 Å². The molecule has 1 aromatic rings. The van der Waals surface area contributed by atoms with Crippen molar-refractivity contribution in [2.45, 2.75) is 0 Å². The van der Waals surface area contributed by atoms with Gasteiger partial charge in [-0.1, -0.05) is 17.7 Å². The highest BCUT2D eigenvalue weighted by molar-refractivity contribution is 6.30. The van der Waals surface area contributed by atoms with Gasteiger partial charge in [0.15, 0.2) is 0 Å². The van der Waals surface area contributed by atoms with Gasteiger partial charge in [0.1, 0.15) is 12.4 Å². The molecule has 0 aliphatic rings. The van der Waals surface area contributed by atoms with E-state index in [-0.39, 0.29) is 18.3 Å². The fraction of sp³-hybridized carbons (Fsp3) is 0.364. The van der Waals surface area contributed by atoms with Gasteiger partial charge in [-0.15, -0.1) is 12.4 Å². The van der Waals surface area contributed by atoms with Crippen molar-refractivity contribution in [3.8, 4) is 5.75 Å². The molecule has 2 N–H and O–H groups in total. The average Bonchev–Trinajstić information content (AvgIpc) is 2.25. The summed E-state index contributed by atoms with van der Waals surface area (Å²) in [5, 5.41) is 6.11. The molecule has 17 heavy (non-hydrogen) atoms. The Balaban J connectivity index is 0.00000256. The molecule has 1 rings (SSSR count). The highest BCUT2D eigenvalue weighted by Gasteiger charge is 1.98. The van der Waals surface area contributed by atoms with Gasteiger partial charge >= 0.3 is 0 Å². The summed E-state index contributed by atoms with van der Waals surface area (Å²) in [4.78, 5) is 11.1. The zero-order valence-corrected chi connectivity index (χ0v) is 11.1. The second-order valence-corrected chi connectivity index (χ2v) is 3.62. The summed E-state index contributed by atoms with van der Waals surface area (Å²) in [6, 6.07) is 7.15. The third-order valence-corrected chi connectivity index (χ3v) is 2.06. The van der Waals surface area contributed by atoms with Gasteiger partial charge in [0, 0.05) is 5.02 Å². The molecule has 0 bridgehead atoms. The molecule has 0 heterocycles. The smallest absolute Gasteiger partial charge is 0.234 e. The zero-order valence-electron chi connectivity index (χ0n) is 9.53. The van der Waals surface area contributed by atoms with E-state index in [4.69, 9.17) is 16.3 Å². The predicted octanol–water partition coefficient (Wildman–Crippen LogP) is 1.48. The normalized spacial score (nSPS) is 9.29. The van der Waals surface area contributed by atoms with E-state index in [1.807, 2.05) is 12.1 Å². The lowest BCUT2D eigenvalue weighted by Gasteiger charge is -2.07. The number of halogens is 2. The largest absolute Gasteiger partial charge is 0.492 e. The highest BCUT2D eigenvalue weighted by atomic mass is 35.5. The first kappa shape index (κ1) is 16.0. The van der Waals surface area contributed by atoms with E-state index in [1.165, 1.54) is 0 Å². The fourth-order valence-electron chi connectivity index (χ4n) is 1.14. The highest BCUT2D eigenvalue weighted by Crippen LogP contribution is 2.16. The van der Waals surface area contributed by atoms with E-state index in [9.17, 15) is 4.79 Å². The third kappa shape index (κ3) is 7.05. The minimum absolute atomic E-state index is 0. The lowest BCUT2D eigenvalue weighted by atomic mass is 10.3. The molecule has 0 radical (unpaired) electrons. The van der Waals surface area contributed by atoms with Crippen molar-refractivity contribution >= 4 is 29.9 Å². The van der Waals surface area contributed by atoms with Gasteiger partial charge in [0.2, 0.25) is 5.91 Å². The Morgan fingerprint density at radius 2 is 2.24 bits per heavy atom. The lowest BCUT2D eigenvalue weighted by molar-refractivity contribution is -0.120. The maximum absolute atomic E-state index is 11.1. The van der Waals surface area contributed by atoms with Crippen LogP contribution in [0.1, 0.15) is 0 Å². The average molecular weight is 279 g/mol. The van der Waals surface area contributed by atoms with Gasteiger partial charge in [-0.2, -0.15) is 0 Å². The zero-order chi connectivity index (χ0) is 11.8. The number of carbonyl (C=O) groups is 1. The topological polar surface area (TPSA) is 50.4 Å². The molecule has 0 fully saturated rings. The molecule has 0 saturated carbocycles.